The first-order valence-corrected chi connectivity index (χ1v) is 9.29. The number of benzene rings is 1. The molecule has 0 radical (unpaired) electrons. The van der Waals surface area contributed by atoms with Gasteiger partial charge >= 0.3 is 0 Å². The number of hydrogen-bond donors (Lipinski definition) is 2. The van der Waals surface area contributed by atoms with Crippen molar-refractivity contribution in [1.82, 2.24) is 10.6 Å². The van der Waals surface area contributed by atoms with Gasteiger partial charge in [0.25, 0.3) is 5.91 Å². The lowest BCUT2D eigenvalue weighted by Gasteiger charge is -2.21. The molecule has 0 bridgehead atoms. The Balaban J connectivity index is 2.01. The Morgan fingerprint density at radius 1 is 1.20 bits per heavy atom. The molecule has 1 heterocycles. The maximum absolute atomic E-state index is 13.0. The summed E-state index contributed by atoms with van der Waals surface area (Å²) in [6, 6.07) is 8.13. The van der Waals surface area contributed by atoms with Crippen LogP contribution < -0.4 is 10.6 Å². The average molecular weight is 364 g/mol. The number of nitrogens with one attached hydrogen (secondary N) is 2. The van der Waals surface area contributed by atoms with Crippen LogP contribution in [-0.2, 0) is 4.79 Å². The van der Waals surface area contributed by atoms with Gasteiger partial charge in [-0.05, 0) is 55.2 Å². The molecule has 0 aliphatic rings. The van der Waals surface area contributed by atoms with Crippen molar-refractivity contribution < 1.29 is 18.4 Å². The van der Waals surface area contributed by atoms with Gasteiger partial charge in [-0.2, -0.15) is 11.8 Å². The lowest BCUT2D eigenvalue weighted by molar-refractivity contribution is -0.123. The largest absolute Gasteiger partial charge is 0.459 e. The van der Waals surface area contributed by atoms with Crippen molar-refractivity contribution >= 4 is 23.6 Å². The van der Waals surface area contributed by atoms with Gasteiger partial charge in [0.15, 0.2) is 5.76 Å². The summed E-state index contributed by atoms with van der Waals surface area (Å²) in [5, 5.41) is 5.56. The van der Waals surface area contributed by atoms with E-state index in [1.54, 1.807) is 36.0 Å². The minimum absolute atomic E-state index is 0.161. The van der Waals surface area contributed by atoms with Crippen molar-refractivity contribution in [3.63, 3.8) is 0 Å². The van der Waals surface area contributed by atoms with Crippen LogP contribution in [0.25, 0.3) is 0 Å². The van der Waals surface area contributed by atoms with Gasteiger partial charge < -0.3 is 15.1 Å². The molecule has 0 aliphatic carbocycles. The summed E-state index contributed by atoms with van der Waals surface area (Å²) in [7, 11) is 0. The van der Waals surface area contributed by atoms with E-state index < -0.39 is 11.9 Å². The molecule has 7 heteroatoms. The SMILES string of the molecule is CSCCC(NC(=O)c1ccco1)C(=O)NC(C)c1ccc(F)cc1. The maximum Gasteiger partial charge on any atom is 0.287 e. The number of hydrogen-bond acceptors (Lipinski definition) is 4. The molecule has 2 amide bonds. The Kier molecular flexibility index (Phi) is 7.06. The molecule has 25 heavy (non-hydrogen) atoms. The number of thioether (sulfide) groups is 1. The summed E-state index contributed by atoms with van der Waals surface area (Å²) in [5.74, 6) is -0.160. The third-order valence-electron chi connectivity index (χ3n) is 3.71. The highest BCUT2D eigenvalue weighted by molar-refractivity contribution is 7.98. The zero-order valence-corrected chi connectivity index (χ0v) is 14.9. The lowest BCUT2D eigenvalue weighted by Crippen LogP contribution is -2.47. The normalized spacial score (nSPS) is 13.1. The van der Waals surface area contributed by atoms with Crippen LogP contribution in [0.5, 0.6) is 0 Å². The van der Waals surface area contributed by atoms with Gasteiger partial charge in [-0.3, -0.25) is 9.59 Å². The minimum atomic E-state index is -0.673. The third kappa shape index (κ3) is 5.63. The number of furan rings is 1. The first-order valence-electron chi connectivity index (χ1n) is 7.90. The number of rotatable bonds is 8. The van der Waals surface area contributed by atoms with E-state index in [4.69, 9.17) is 4.42 Å². The summed E-state index contributed by atoms with van der Waals surface area (Å²) in [4.78, 5) is 24.7. The highest BCUT2D eigenvalue weighted by atomic mass is 32.2. The predicted octanol–water partition coefficient (Wildman–Crippen LogP) is 3.15. The summed E-state index contributed by atoms with van der Waals surface area (Å²) in [5.41, 5.74) is 0.788. The van der Waals surface area contributed by atoms with Gasteiger partial charge in [-0.25, -0.2) is 4.39 Å². The van der Waals surface area contributed by atoms with Crippen molar-refractivity contribution in [2.45, 2.75) is 25.4 Å². The first-order chi connectivity index (χ1) is 12.0. The average Bonchev–Trinajstić information content (AvgIpc) is 3.13. The molecular weight excluding hydrogens is 343 g/mol. The van der Waals surface area contributed by atoms with Crippen molar-refractivity contribution in [3.05, 3.63) is 59.8 Å². The van der Waals surface area contributed by atoms with Crippen molar-refractivity contribution in [2.75, 3.05) is 12.0 Å². The zero-order valence-electron chi connectivity index (χ0n) is 14.1. The molecular formula is C18H21FN2O3S. The molecule has 0 saturated heterocycles. The topological polar surface area (TPSA) is 71.3 Å². The van der Waals surface area contributed by atoms with Crippen molar-refractivity contribution in [3.8, 4) is 0 Å². The second-order valence-electron chi connectivity index (χ2n) is 5.57. The third-order valence-corrected chi connectivity index (χ3v) is 4.35. The number of carbonyl (C=O) groups excluding carboxylic acids is 2. The van der Waals surface area contributed by atoms with Crippen LogP contribution in [0.3, 0.4) is 0 Å². The van der Waals surface area contributed by atoms with Crippen LogP contribution in [-0.4, -0.2) is 29.9 Å². The predicted molar refractivity (Wildman–Crippen MR) is 95.9 cm³/mol. The molecule has 2 aromatic rings. The summed E-state index contributed by atoms with van der Waals surface area (Å²) in [6.07, 6.45) is 3.84. The molecule has 0 aliphatic heterocycles. The summed E-state index contributed by atoms with van der Waals surface area (Å²) in [6.45, 7) is 1.81. The van der Waals surface area contributed by atoms with E-state index in [0.717, 1.165) is 11.3 Å². The minimum Gasteiger partial charge on any atom is -0.459 e. The molecule has 0 saturated carbocycles. The fourth-order valence-corrected chi connectivity index (χ4v) is 2.76. The van der Waals surface area contributed by atoms with Crippen LogP contribution in [0.1, 0.15) is 35.5 Å². The molecule has 2 N–H and O–H groups in total. The van der Waals surface area contributed by atoms with Gasteiger partial charge in [-0.1, -0.05) is 12.1 Å². The molecule has 1 aromatic carbocycles. The van der Waals surface area contributed by atoms with Crippen molar-refractivity contribution in [1.29, 1.82) is 0 Å². The molecule has 2 rings (SSSR count). The number of carbonyl (C=O) groups is 2. The molecule has 1 aromatic heterocycles. The Bertz CT molecular complexity index is 689. The van der Waals surface area contributed by atoms with Gasteiger partial charge in [0.05, 0.1) is 12.3 Å². The van der Waals surface area contributed by atoms with E-state index in [9.17, 15) is 14.0 Å². The molecule has 134 valence electrons. The van der Waals surface area contributed by atoms with E-state index >= 15 is 0 Å². The van der Waals surface area contributed by atoms with Crippen molar-refractivity contribution in [2.24, 2.45) is 0 Å². The van der Waals surface area contributed by atoms with E-state index in [1.807, 2.05) is 13.2 Å². The smallest absolute Gasteiger partial charge is 0.287 e. The Morgan fingerprint density at radius 2 is 1.92 bits per heavy atom. The van der Waals surface area contributed by atoms with Crippen LogP contribution >= 0.6 is 11.8 Å². The molecule has 0 spiro atoms. The Labute approximate surface area is 150 Å². The summed E-state index contributed by atoms with van der Waals surface area (Å²) < 4.78 is 18.1. The molecule has 2 atom stereocenters. The van der Waals surface area contributed by atoms with Crippen LogP contribution in [0, 0.1) is 5.82 Å². The quantitative estimate of drug-likeness (QED) is 0.755. The van der Waals surface area contributed by atoms with Gasteiger partial charge in [-0.15, -0.1) is 0 Å². The molecule has 0 fully saturated rings. The fourth-order valence-electron chi connectivity index (χ4n) is 2.29. The second-order valence-corrected chi connectivity index (χ2v) is 6.55. The van der Waals surface area contributed by atoms with Gasteiger partial charge in [0.2, 0.25) is 5.91 Å². The number of halogens is 1. The summed E-state index contributed by atoms with van der Waals surface area (Å²) >= 11 is 1.59. The van der Waals surface area contributed by atoms with E-state index in [2.05, 4.69) is 10.6 Å². The highest BCUT2D eigenvalue weighted by Crippen LogP contribution is 2.14. The van der Waals surface area contributed by atoms with Crippen LogP contribution in [0.15, 0.2) is 47.1 Å². The first kappa shape index (κ1) is 19.1. The lowest BCUT2D eigenvalue weighted by atomic mass is 10.1. The fraction of sp³-hybridized carbons (Fsp3) is 0.333. The Hall–Kier alpha value is -2.28. The molecule has 5 nitrogen and oxygen atoms in total. The second kappa shape index (κ2) is 9.27. The number of amides is 2. The Morgan fingerprint density at radius 3 is 2.52 bits per heavy atom. The van der Waals surface area contributed by atoms with Crippen LogP contribution in [0.2, 0.25) is 0 Å². The molecule has 2 unspecified atom stereocenters. The highest BCUT2D eigenvalue weighted by Gasteiger charge is 2.23. The van der Waals surface area contributed by atoms with Crippen LogP contribution in [0.4, 0.5) is 4.39 Å². The van der Waals surface area contributed by atoms with Gasteiger partial charge in [0.1, 0.15) is 11.9 Å². The zero-order chi connectivity index (χ0) is 18.2. The maximum atomic E-state index is 13.0. The van der Waals surface area contributed by atoms with Gasteiger partial charge in [0, 0.05) is 0 Å². The van der Waals surface area contributed by atoms with E-state index in [0.29, 0.717) is 6.42 Å². The van der Waals surface area contributed by atoms with E-state index in [-0.39, 0.29) is 23.5 Å². The monoisotopic (exact) mass is 364 g/mol. The standard InChI is InChI=1S/C18H21FN2O3S/c1-12(13-5-7-14(19)8-6-13)20-17(22)15(9-11-25-2)21-18(23)16-4-3-10-24-16/h3-8,10,12,15H,9,11H2,1-2H3,(H,20,22)(H,21,23). The van der Waals surface area contributed by atoms with E-state index in [1.165, 1.54) is 18.4 Å².